The predicted octanol–water partition coefficient (Wildman–Crippen LogP) is 0.567. The highest BCUT2D eigenvalue weighted by molar-refractivity contribution is 6.11. The highest BCUT2D eigenvalue weighted by Gasteiger charge is 2.23. The number of nitriles is 1. The third kappa shape index (κ3) is 1.65. The van der Waals surface area contributed by atoms with E-state index in [0.717, 1.165) is 0 Å². The minimum absolute atomic E-state index is 0.136. The third-order valence-electron chi connectivity index (χ3n) is 2.02. The van der Waals surface area contributed by atoms with Crippen LogP contribution in [0.15, 0.2) is 29.4 Å². The van der Waals surface area contributed by atoms with Crippen LogP contribution in [-0.2, 0) is 4.79 Å². The van der Waals surface area contributed by atoms with Crippen LogP contribution in [0.1, 0.15) is 12.0 Å². The van der Waals surface area contributed by atoms with Gasteiger partial charge < -0.3 is 5.73 Å². The Balaban J connectivity index is 2.38. The maximum Gasteiger partial charge on any atom is 0.255 e. The first-order valence-electron chi connectivity index (χ1n) is 4.37. The lowest BCUT2D eigenvalue weighted by Gasteiger charge is -2.10. The van der Waals surface area contributed by atoms with Crippen LogP contribution in [0, 0.1) is 11.3 Å². The van der Waals surface area contributed by atoms with Crippen molar-refractivity contribution < 1.29 is 4.79 Å². The molecule has 1 heterocycles. The normalized spacial score (nSPS) is 15.0. The first kappa shape index (κ1) is 9.21. The summed E-state index contributed by atoms with van der Waals surface area (Å²) in [4.78, 5) is 11.4. The van der Waals surface area contributed by atoms with Crippen molar-refractivity contribution >= 4 is 17.4 Å². The van der Waals surface area contributed by atoms with Crippen molar-refractivity contribution in [2.75, 3.05) is 5.01 Å². The van der Waals surface area contributed by atoms with Gasteiger partial charge in [-0.2, -0.15) is 15.4 Å². The van der Waals surface area contributed by atoms with Crippen molar-refractivity contribution in [3.63, 3.8) is 0 Å². The molecule has 0 aliphatic carbocycles. The number of hydrazone groups is 1. The summed E-state index contributed by atoms with van der Waals surface area (Å²) < 4.78 is 0. The van der Waals surface area contributed by atoms with E-state index < -0.39 is 0 Å². The lowest BCUT2D eigenvalue weighted by molar-refractivity contribution is -0.116. The second-order valence-electron chi connectivity index (χ2n) is 3.14. The number of benzene rings is 1. The SMILES string of the molecule is N#Cc1cccc(N2N=C(N)CC2=O)c1. The van der Waals surface area contributed by atoms with E-state index >= 15 is 0 Å². The van der Waals surface area contributed by atoms with Gasteiger partial charge in [0, 0.05) is 0 Å². The molecule has 0 atom stereocenters. The van der Waals surface area contributed by atoms with E-state index in [1.807, 2.05) is 6.07 Å². The highest BCUT2D eigenvalue weighted by Crippen LogP contribution is 2.20. The molecule has 5 heteroatoms. The number of rotatable bonds is 1. The number of anilines is 1. The van der Waals surface area contributed by atoms with Gasteiger partial charge in [-0.15, -0.1) is 0 Å². The Bertz CT molecular complexity index is 486. The molecule has 2 rings (SSSR count). The van der Waals surface area contributed by atoms with Crippen molar-refractivity contribution in [2.45, 2.75) is 6.42 Å². The number of nitrogens with two attached hydrogens (primary N) is 1. The number of carbonyl (C=O) groups excluding carboxylic acids is 1. The molecule has 0 spiro atoms. The fourth-order valence-electron chi connectivity index (χ4n) is 1.36. The Hall–Kier alpha value is -2.35. The second-order valence-corrected chi connectivity index (χ2v) is 3.14. The average Bonchev–Trinajstić information content (AvgIpc) is 2.58. The molecule has 0 radical (unpaired) electrons. The van der Waals surface area contributed by atoms with Crippen LogP contribution in [0.25, 0.3) is 0 Å². The van der Waals surface area contributed by atoms with Crippen molar-refractivity contribution in [2.24, 2.45) is 10.8 Å². The molecule has 1 aromatic rings. The van der Waals surface area contributed by atoms with Crippen molar-refractivity contribution in [1.29, 1.82) is 5.26 Å². The number of hydrogen-bond acceptors (Lipinski definition) is 4. The molecule has 0 aromatic heterocycles. The summed E-state index contributed by atoms with van der Waals surface area (Å²) in [6.07, 6.45) is 0.136. The minimum Gasteiger partial charge on any atom is -0.385 e. The van der Waals surface area contributed by atoms with Crippen LogP contribution < -0.4 is 10.7 Å². The summed E-state index contributed by atoms with van der Waals surface area (Å²) in [5, 5.41) is 13.8. The number of nitrogens with zero attached hydrogens (tertiary/aromatic N) is 3. The Morgan fingerprint density at radius 1 is 1.53 bits per heavy atom. The zero-order valence-electron chi connectivity index (χ0n) is 7.84. The molecule has 1 aromatic carbocycles. The van der Waals surface area contributed by atoms with Crippen molar-refractivity contribution in [1.82, 2.24) is 0 Å². The van der Waals surface area contributed by atoms with Gasteiger partial charge in [-0.1, -0.05) is 6.07 Å². The summed E-state index contributed by atoms with van der Waals surface area (Å²) >= 11 is 0. The van der Waals surface area contributed by atoms with Crippen LogP contribution in [0.3, 0.4) is 0 Å². The summed E-state index contributed by atoms with van der Waals surface area (Å²) in [6.45, 7) is 0. The van der Waals surface area contributed by atoms with Crippen LogP contribution in [-0.4, -0.2) is 11.7 Å². The molecule has 0 saturated heterocycles. The molecular weight excluding hydrogens is 192 g/mol. The molecule has 2 N–H and O–H groups in total. The van der Waals surface area contributed by atoms with E-state index in [1.54, 1.807) is 24.3 Å². The smallest absolute Gasteiger partial charge is 0.255 e. The van der Waals surface area contributed by atoms with Gasteiger partial charge in [0.15, 0.2) is 0 Å². The van der Waals surface area contributed by atoms with Gasteiger partial charge in [-0.3, -0.25) is 4.79 Å². The fourth-order valence-corrected chi connectivity index (χ4v) is 1.36. The monoisotopic (exact) mass is 200 g/mol. The van der Waals surface area contributed by atoms with Gasteiger partial charge >= 0.3 is 0 Å². The summed E-state index contributed by atoms with van der Waals surface area (Å²) in [5.41, 5.74) is 6.50. The van der Waals surface area contributed by atoms with Gasteiger partial charge in [0.1, 0.15) is 5.84 Å². The van der Waals surface area contributed by atoms with E-state index in [1.165, 1.54) is 5.01 Å². The van der Waals surface area contributed by atoms with Crippen molar-refractivity contribution in [3.8, 4) is 6.07 Å². The van der Waals surface area contributed by atoms with Gasteiger partial charge in [-0.25, -0.2) is 0 Å². The topological polar surface area (TPSA) is 82.5 Å². The van der Waals surface area contributed by atoms with Crippen LogP contribution in [0.5, 0.6) is 0 Å². The predicted molar refractivity (Wildman–Crippen MR) is 54.9 cm³/mol. The van der Waals surface area contributed by atoms with E-state index in [2.05, 4.69) is 5.10 Å². The first-order valence-corrected chi connectivity index (χ1v) is 4.37. The Morgan fingerprint density at radius 3 is 2.93 bits per heavy atom. The Kier molecular flexibility index (Phi) is 2.10. The summed E-state index contributed by atoms with van der Waals surface area (Å²) in [5.74, 6) is 0.116. The maximum atomic E-state index is 11.4. The largest absolute Gasteiger partial charge is 0.385 e. The molecule has 1 amide bonds. The molecule has 74 valence electrons. The molecule has 5 nitrogen and oxygen atoms in total. The maximum absolute atomic E-state index is 11.4. The minimum atomic E-state index is -0.178. The number of amides is 1. The summed E-state index contributed by atoms with van der Waals surface area (Å²) in [7, 11) is 0. The van der Waals surface area contributed by atoms with Crippen LogP contribution >= 0.6 is 0 Å². The van der Waals surface area contributed by atoms with Gasteiger partial charge in [0.25, 0.3) is 5.91 Å². The van der Waals surface area contributed by atoms with Gasteiger partial charge in [0.05, 0.1) is 23.7 Å². The number of amidine groups is 1. The lowest BCUT2D eigenvalue weighted by atomic mass is 10.2. The number of carbonyl (C=O) groups is 1. The molecule has 0 fully saturated rings. The molecule has 15 heavy (non-hydrogen) atoms. The zero-order valence-corrected chi connectivity index (χ0v) is 7.84. The molecular formula is C10H8N4O. The molecule has 0 saturated carbocycles. The van der Waals surface area contributed by atoms with Crippen LogP contribution in [0.2, 0.25) is 0 Å². The second kappa shape index (κ2) is 3.42. The molecule has 0 unspecified atom stereocenters. The fraction of sp³-hybridized carbons (Fsp3) is 0.100. The lowest BCUT2D eigenvalue weighted by Crippen LogP contribution is -2.19. The van der Waals surface area contributed by atoms with E-state index in [-0.39, 0.29) is 12.3 Å². The zero-order chi connectivity index (χ0) is 10.8. The highest BCUT2D eigenvalue weighted by atomic mass is 16.2. The van der Waals surface area contributed by atoms with Gasteiger partial charge in [0.2, 0.25) is 0 Å². The standard InChI is InChI=1S/C10H8N4O/c11-6-7-2-1-3-8(4-7)14-10(15)5-9(12)13-14/h1-4H,5H2,(H2,12,13). The van der Waals surface area contributed by atoms with E-state index in [0.29, 0.717) is 17.1 Å². The van der Waals surface area contributed by atoms with Crippen LogP contribution in [0.4, 0.5) is 5.69 Å². The quantitative estimate of drug-likeness (QED) is 0.719. The third-order valence-corrected chi connectivity index (χ3v) is 2.02. The van der Waals surface area contributed by atoms with Crippen molar-refractivity contribution in [3.05, 3.63) is 29.8 Å². The Labute approximate surface area is 86.4 Å². The van der Waals surface area contributed by atoms with E-state index in [9.17, 15) is 4.79 Å². The molecule has 0 bridgehead atoms. The van der Waals surface area contributed by atoms with E-state index in [4.69, 9.17) is 11.0 Å². The molecule has 1 aliphatic rings. The molecule has 1 aliphatic heterocycles. The first-order chi connectivity index (χ1) is 7.20. The Morgan fingerprint density at radius 2 is 2.33 bits per heavy atom. The average molecular weight is 200 g/mol. The van der Waals surface area contributed by atoms with Gasteiger partial charge in [-0.05, 0) is 18.2 Å². The number of hydrogen-bond donors (Lipinski definition) is 1. The summed E-state index contributed by atoms with van der Waals surface area (Å²) in [6, 6.07) is 8.67.